The summed E-state index contributed by atoms with van der Waals surface area (Å²) in [6, 6.07) is 8.59. The van der Waals surface area contributed by atoms with E-state index in [1.807, 2.05) is 0 Å². The predicted octanol–water partition coefficient (Wildman–Crippen LogP) is 2.61. The van der Waals surface area contributed by atoms with Gasteiger partial charge in [-0.25, -0.2) is 0 Å². The molecular formula is C17H15BrN2O3. The summed E-state index contributed by atoms with van der Waals surface area (Å²) in [5.41, 5.74) is 1.50. The number of carbonyl (C=O) groups is 2. The molecule has 118 valence electrons. The van der Waals surface area contributed by atoms with Crippen LogP contribution >= 0.6 is 15.9 Å². The highest BCUT2D eigenvalue weighted by Gasteiger charge is 2.34. The fraction of sp³-hybridized carbons (Fsp3) is 0.235. The van der Waals surface area contributed by atoms with E-state index in [9.17, 15) is 14.4 Å². The van der Waals surface area contributed by atoms with Gasteiger partial charge in [-0.15, -0.1) is 0 Å². The van der Waals surface area contributed by atoms with Crippen molar-refractivity contribution in [2.75, 3.05) is 6.54 Å². The first-order valence-electron chi connectivity index (χ1n) is 7.31. The van der Waals surface area contributed by atoms with E-state index in [1.165, 1.54) is 4.90 Å². The minimum Gasteiger partial charge on any atom is -0.314 e. The van der Waals surface area contributed by atoms with Crippen molar-refractivity contribution in [3.8, 4) is 0 Å². The topological polar surface area (TPSA) is 59.4 Å². The maximum absolute atomic E-state index is 12.3. The number of imide groups is 1. The number of carbonyl (C=O) groups excluding carboxylic acids is 2. The number of halogens is 1. The molecule has 0 saturated heterocycles. The molecule has 0 saturated carbocycles. The summed E-state index contributed by atoms with van der Waals surface area (Å²) in [5, 5.41) is 0. The molecule has 0 spiro atoms. The number of aryl methyl sites for hydroxylation is 2. The fourth-order valence-corrected chi connectivity index (χ4v) is 3.34. The Balaban J connectivity index is 1.70. The summed E-state index contributed by atoms with van der Waals surface area (Å²) in [7, 11) is 0. The van der Waals surface area contributed by atoms with Gasteiger partial charge in [-0.3, -0.25) is 19.3 Å². The molecule has 0 bridgehead atoms. The zero-order valence-corrected chi connectivity index (χ0v) is 14.2. The molecule has 0 aliphatic carbocycles. The molecule has 0 fully saturated rings. The molecule has 2 heterocycles. The molecule has 2 amide bonds. The Morgan fingerprint density at radius 3 is 2.22 bits per heavy atom. The van der Waals surface area contributed by atoms with E-state index in [4.69, 9.17) is 0 Å². The number of hydrogen-bond donors (Lipinski definition) is 0. The first-order chi connectivity index (χ1) is 11.0. The van der Waals surface area contributed by atoms with Crippen molar-refractivity contribution in [2.24, 2.45) is 0 Å². The molecule has 5 nitrogen and oxygen atoms in total. The number of benzene rings is 1. The van der Waals surface area contributed by atoms with Crippen LogP contribution in [0.1, 0.15) is 32.7 Å². The Bertz CT molecular complexity index is 822. The van der Waals surface area contributed by atoms with Crippen LogP contribution in [0.15, 0.2) is 45.8 Å². The van der Waals surface area contributed by atoms with Gasteiger partial charge in [-0.1, -0.05) is 12.1 Å². The van der Waals surface area contributed by atoms with Gasteiger partial charge in [-0.05, 0) is 47.5 Å². The minimum absolute atomic E-state index is 0.0597. The van der Waals surface area contributed by atoms with Gasteiger partial charge < -0.3 is 4.57 Å². The number of hydrogen-bond acceptors (Lipinski definition) is 3. The lowest BCUT2D eigenvalue weighted by Gasteiger charge is -2.14. The SMILES string of the molecule is Cc1cc(Br)cn(CCCN2C(=O)c3ccccc3C2=O)c1=O. The van der Waals surface area contributed by atoms with Gasteiger partial charge in [0.05, 0.1) is 11.1 Å². The van der Waals surface area contributed by atoms with Gasteiger partial charge in [0, 0.05) is 29.3 Å². The third kappa shape index (κ3) is 2.86. The molecular weight excluding hydrogens is 360 g/mol. The van der Waals surface area contributed by atoms with Crippen molar-refractivity contribution in [2.45, 2.75) is 19.9 Å². The quantitative estimate of drug-likeness (QED) is 0.772. The van der Waals surface area contributed by atoms with Crippen molar-refractivity contribution in [3.05, 3.63) is 68.0 Å². The van der Waals surface area contributed by atoms with Gasteiger partial charge >= 0.3 is 0 Å². The number of nitrogens with zero attached hydrogens (tertiary/aromatic N) is 2. The highest BCUT2D eigenvalue weighted by Crippen LogP contribution is 2.22. The average molecular weight is 375 g/mol. The molecule has 0 atom stereocenters. The normalized spacial score (nSPS) is 13.6. The zero-order valence-electron chi connectivity index (χ0n) is 12.6. The second-order valence-electron chi connectivity index (χ2n) is 5.50. The van der Waals surface area contributed by atoms with Crippen molar-refractivity contribution in [1.29, 1.82) is 0 Å². The summed E-state index contributed by atoms with van der Waals surface area (Å²) in [5.74, 6) is -0.522. The van der Waals surface area contributed by atoms with Crippen molar-refractivity contribution < 1.29 is 9.59 Å². The Morgan fingerprint density at radius 2 is 1.61 bits per heavy atom. The fourth-order valence-electron chi connectivity index (χ4n) is 2.75. The predicted molar refractivity (Wildman–Crippen MR) is 89.6 cm³/mol. The second-order valence-corrected chi connectivity index (χ2v) is 6.42. The molecule has 0 unspecified atom stereocenters. The first kappa shape index (κ1) is 15.7. The van der Waals surface area contributed by atoms with E-state index in [-0.39, 0.29) is 17.4 Å². The standard InChI is InChI=1S/C17H15BrN2O3/c1-11-9-12(18)10-19(15(11)21)7-4-8-20-16(22)13-5-2-3-6-14(13)17(20)23/h2-3,5-6,9-10H,4,7-8H2,1H3. The maximum atomic E-state index is 12.3. The number of fused-ring (bicyclic) bond motifs is 1. The largest absolute Gasteiger partial charge is 0.314 e. The third-order valence-corrected chi connectivity index (χ3v) is 4.32. The lowest BCUT2D eigenvalue weighted by atomic mass is 10.1. The lowest BCUT2D eigenvalue weighted by Crippen LogP contribution is -2.32. The minimum atomic E-state index is -0.261. The van der Waals surface area contributed by atoms with Crippen molar-refractivity contribution in [1.82, 2.24) is 9.47 Å². The van der Waals surface area contributed by atoms with Crippen LogP contribution in [0.4, 0.5) is 0 Å². The van der Waals surface area contributed by atoms with Gasteiger partial charge in [0.15, 0.2) is 0 Å². The van der Waals surface area contributed by atoms with Crippen LogP contribution in [-0.2, 0) is 6.54 Å². The molecule has 3 rings (SSSR count). The van der Waals surface area contributed by atoms with Crippen LogP contribution in [0.5, 0.6) is 0 Å². The second kappa shape index (κ2) is 6.12. The average Bonchev–Trinajstić information content (AvgIpc) is 2.77. The Morgan fingerprint density at radius 1 is 1.00 bits per heavy atom. The van der Waals surface area contributed by atoms with Crippen LogP contribution in [-0.4, -0.2) is 27.8 Å². The molecule has 0 radical (unpaired) electrons. The molecule has 1 aromatic heterocycles. The van der Waals surface area contributed by atoms with Gasteiger partial charge in [0.2, 0.25) is 0 Å². The number of aromatic nitrogens is 1. The van der Waals surface area contributed by atoms with Crippen molar-refractivity contribution >= 4 is 27.7 Å². The summed E-state index contributed by atoms with van der Waals surface area (Å²) in [6.07, 6.45) is 2.25. The maximum Gasteiger partial charge on any atom is 0.261 e. The summed E-state index contributed by atoms with van der Waals surface area (Å²) in [6.45, 7) is 2.50. The number of rotatable bonds is 4. The zero-order chi connectivity index (χ0) is 16.6. The Labute approximate surface area is 141 Å². The Hall–Kier alpha value is -2.21. The Kier molecular flexibility index (Phi) is 4.17. The molecule has 1 aliphatic rings. The molecule has 2 aromatic rings. The molecule has 0 N–H and O–H groups in total. The van der Waals surface area contributed by atoms with Crippen LogP contribution < -0.4 is 5.56 Å². The van der Waals surface area contributed by atoms with Crippen LogP contribution in [0.3, 0.4) is 0 Å². The molecule has 23 heavy (non-hydrogen) atoms. The van der Waals surface area contributed by atoms with E-state index in [0.717, 1.165) is 4.47 Å². The monoisotopic (exact) mass is 374 g/mol. The lowest BCUT2D eigenvalue weighted by molar-refractivity contribution is 0.0650. The van der Waals surface area contributed by atoms with Gasteiger partial charge in [0.25, 0.3) is 17.4 Å². The van der Waals surface area contributed by atoms with Crippen LogP contribution in [0, 0.1) is 6.92 Å². The molecule has 1 aliphatic heterocycles. The van der Waals surface area contributed by atoms with Gasteiger partial charge in [-0.2, -0.15) is 0 Å². The first-order valence-corrected chi connectivity index (χ1v) is 8.10. The smallest absolute Gasteiger partial charge is 0.261 e. The van der Waals surface area contributed by atoms with E-state index in [1.54, 1.807) is 48.0 Å². The van der Waals surface area contributed by atoms with E-state index >= 15 is 0 Å². The van der Waals surface area contributed by atoms with E-state index in [0.29, 0.717) is 36.2 Å². The number of pyridine rings is 1. The summed E-state index contributed by atoms with van der Waals surface area (Å²) in [4.78, 5) is 37.8. The highest BCUT2D eigenvalue weighted by atomic mass is 79.9. The summed E-state index contributed by atoms with van der Waals surface area (Å²) < 4.78 is 2.42. The highest BCUT2D eigenvalue weighted by molar-refractivity contribution is 9.10. The summed E-state index contributed by atoms with van der Waals surface area (Å²) >= 11 is 3.37. The van der Waals surface area contributed by atoms with E-state index < -0.39 is 0 Å². The van der Waals surface area contributed by atoms with Crippen LogP contribution in [0.25, 0.3) is 0 Å². The van der Waals surface area contributed by atoms with E-state index in [2.05, 4.69) is 15.9 Å². The van der Waals surface area contributed by atoms with Crippen molar-refractivity contribution in [3.63, 3.8) is 0 Å². The van der Waals surface area contributed by atoms with Crippen LogP contribution in [0.2, 0.25) is 0 Å². The number of amides is 2. The third-order valence-electron chi connectivity index (χ3n) is 3.89. The molecule has 1 aromatic carbocycles. The molecule has 6 heteroatoms. The van der Waals surface area contributed by atoms with Gasteiger partial charge in [0.1, 0.15) is 0 Å².